The summed E-state index contributed by atoms with van der Waals surface area (Å²) in [5.74, 6) is 0.738. The van der Waals surface area contributed by atoms with Crippen LogP contribution in [-0.2, 0) is 4.79 Å². The Morgan fingerprint density at radius 2 is 1.89 bits per heavy atom. The van der Waals surface area contributed by atoms with Gasteiger partial charge in [-0.1, -0.05) is 24.3 Å². The zero-order chi connectivity index (χ0) is 19.5. The minimum absolute atomic E-state index is 0.106. The Balaban J connectivity index is 1.33. The van der Waals surface area contributed by atoms with E-state index in [2.05, 4.69) is 10.3 Å². The Kier molecular flexibility index (Phi) is 5.03. The number of nitrogens with one attached hydrogen (secondary N) is 1. The van der Waals surface area contributed by atoms with Gasteiger partial charge in [0.2, 0.25) is 5.91 Å². The highest BCUT2D eigenvalue weighted by molar-refractivity contribution is 5.94. The topological polar surface area (TPSA) is 102 Å². The van der Waals surface area contributed by atoms with Crippen LogP contribution in [0.4, 0.5) is 11.4 Å². The molecule has 0 unspecified atom stereocenters. The molecule has 0 bridgehead atoms. The summed E-state index contributed by atoms with van der Waals surface area (Å²) in [7, 11) is 0. The summed E-state index contributed by atoms with van der Waals surface area (Å²) < 4.78 is 5.87. The van der Waals surface area contributed by atoms with Crippen molar-refractivity contribution in [1.82, 2.24) is 9.88 Å². The number of fused-ring (bicyclic) bond motifs is 1. The Labute approximate surface area is 161 Å². The first-order chi connectivity index (χ1) is 13.6. The van der Waals surface area contributed by atoms with Crippen LogP contribution in [0.5, 0.6) is 0 Å². The number of anilines is 1. The number of carbonyl (C=O) groups excluding carboxylic acids is 1. The van der Waals surface area contributed by atoms with E-state index in [9.17, 15) is 14.9 Å². The van der Waals surface area contributed by atoms with E-state index in [4.69, 9.17) is 4.42 Å². The Morgan fingerprint density at radius 3 is 2.64 bits per heavy atom. The Bertz CT molecular complexity index is 975. The van der Waals surface area contributed by atoms with Crippen molar-refractivity contribution in [2.24, 2.45) is 0 Å². The molecule has 2 heterocycles. The van der Waals surface area contributed by atoms with Gasteiger partial charge in [0.25, 0.3) is 5.69 Å². The van der Waals surface area contributed by atoms with Crippen LogP contribution in [0.1, 0.15) is 24.7 Å². The molecule has 8 heteroatoms. The third-order valence-corrected chi connectivity index (χ3v) is 4.99. The van der Waals surface area contributed by atoms with Crippen molar-refractivity contribution in [3.63, 3.8) is 0 Å². The van der Waals surface area contributed by atoms with Gasteiger partial charge in [-0.05, 0) is 44.1 Å². The lowest BCUT2D eigenvalue weighted by Gasteiger charge is -2.29. The number of rotatable bonds is 5. The van der Waals surface area contributed by atoms with Gasteiger partial charge in [-0.15, -0.1) is 0 Å². The molecule has 1 aliphatic rings. The van der Waals surface area contributed by atoms with E-state index in [1.165, 1.54) is 12.1 Å². The fourth-order valence-electron chi connectivity index (χ4n) is 3.53. The van der Waals surface area contributed by atoms with Crippen molar-refractivity contribution < 1.29 is 14.1 Å². The second-order valence-electron chi connectivity index (χ2n) is 6.89. The molecule has 0 atom stereocenters. The second-order valence-corrected chi connectivity index (χ2v) is 6.89. The molecule has 1 aromatic heterocycles. The highest BCUT2D eigenvalue weighted by Gasteiger charge is 2.26. The number of amides is 1. The van der Waals surface area contributed by atoms with Gasteiger partial charge in [-0.3, -0.25) is 19.8 Å². The minimum Gasteiger partial charge on any atom is -0.440 e. The van der Waals surface area contributed by atoms with Crippen LogP contribution in [0.15, 0.2) is 52.9 Å². The van der Waals surface area contributed by atoms with Crippen LogP contribution >= 0.6 is 0 Å². The van der Waals surface area contributed by atoms with Gasteiger partial charge in [0, 0.05) is 12.0 Å². The number of nitro benzene ring substituents is 1. The lowest BCUT2D eigenvalue weighted by molar-refractivity contribution is -0.383. The van der Waals surface area contributed by atoms with E-state index < -0.39 is 4.92 Å². The maximum absolute atomic E-state index is 12.3. The molecular formula is C20H20N4O4. The number of benzene rings is 2. The van der Waals surface area contributed by atoms with E-state index >= 15 is 0 Å². The quantitative estimate of drug-likeness (QED) is 0.536. The van der Waals surface area contributed by atoms with Gasteiger partial charge < -0.3 is 9.73 Å². The van der Waals surface area contributed by atoms with Crippen molar-refractivity contribution in [3.05, 3.63) is 64.5 Å². The normalized spacial score (nSPS) is 15.6. The van der Waals surface area contributed by atoms with Gasteiger partial charge >= 0.3 is 0 Å². The number of nitrogens with zero attached hydrogens (tertiary/aromatic N) is 3. The number of carbonyl (C=O) groups is 1. The van der Waals surface area contributed by atoms with Gasteiger partial charge in [-0.25, -0.2) is 4.98 Å². The fourth-order valence-corrected chi connectivity index (χ4v) is 3.53. The molecule has 2 aromatic carbocycles. The number of aromatic nitrogens is 1. The van der Waals surface area contributed by atoms with Crippen LogP contribution in [0.3, 0.4) is 0 Å². The monoisotopic (exact) mass is 380 g/mol. The lowest BCUT2D eigenvalue weighted by Crippen LogP contribution is -2.38. The van der Waals surface area contributed by atoms with Crippen LogP contribution < -0.4 is 5.32 Å². The number of piperidine rings is 1. The smallest absolute Gasteiger partial charge is 0.292 e. The van der Waals surface area contributed by atoms with Gasteiger partial charge in [-0.2, -0.15) is 0 Å². The highest BCUT2D eigenvalue weighted by atomic mass is 16.6. The summed E-state index contributed by atoms with van der Waals surface area (Å²) in [5, 5.41) is 13.7. The Morgan fingerprint density at radius 1 is 1.18 bits per heavy atom. The molecule has 1 aliphatic heterocycles. The molecule has 0 radical (unpaired) electrons. The first kappa shape index (κ1) is 18.1. The molecule has 1 fully saturated rings. The maximum atomic E-state index is 12.3. The summed E-state index contributed by atoms with van der Waals surface area (Å²) in [5.41, 5.74) is 1.77. The first-order valence-corrected chi connectivity index (χ1v) is 9.21. The zero-order valence-electron chi connectivity index (χ0n) is 15.2. The molecular weight excluding hydrogens is 360 g/mol. The van der Waals surface area contributed by atoms with Crippen LogP contribution in [0, 0.1) is 10.1 Å². The maximum Gasteiger partial charge on any atom is 0.292 e. The zero-order valence-corrected chi connectivity index (χ0v) is 15.2. The summed E-state index contributed by atoms with van der Waals surface area (Å²) >= 11 is 0. The average molecular weight is 380 g/mol. The minimum atomic E-state index is -0.499. The molecule has 28 heavy (non-hydrogen) atoms. The molecule has 1 saturated heterocycles. The van der Waals surface area contributed by atoms with E-state index in [1.807, 2.05) is 29.2 Å². The van der Waals surface area contributed by atoms with E-state index in [-0.39, 0.29) is 29.7 Å². The van der Waals surface area contributed by atoms with Crippen molar-refractivity contribution in [3.8, 4) is 0 Å². The van der Waals surface area contributed by atoms with Crippen molar-refractivity contribution in [1.29, 1.82) is 0 Å². The fraction of sp³-hybridized carbons (Fsp3) is 0.300. The molecule has 3 aromatic rings. The predicted molar refractivity (Wildman–Crippen MR) is 104 cm³/mol. The molecule has 4 rings (SSSR count). The summed E-state index contributed by atoms with van der Waals surface area (Å²) in [6, 6.07) is 13.9. The summed E-state index contributed by atoms with van der Waals surface area (Å²) in [6.07, 6.45) is 1.71. The van der Waals surface area contributed by atoms with Gasteiger partial charge in [0.15, 0.2) is 11.5 Å². The summed E-state index contributed by atoms with van der Waals surface area (Å²) in [6.45, 7) is 1.69. The SMILES string of the molecule is O=C(CN1CCC(c2nc3ccccc3o2)CC1)Nc1ccccc1[N+](=O)[O-]. The molecule has 8 nitrogen and oxygen atoms in total. The number of nitro groups is 1. The molecule has 0 spiro atoms. The number of para-hydroxylation sites is 4. The highest BCUT2D eigenvalue weighted by Crippen LogP contribution is 2.30. The predicted octanol–water partition coefficient (Wildman–Crippen LogP) is 3.55. The number of likely N-dealkylation sites (tertiary alicyclic amines) is 1. The van der Waals surface area contributed by atoms with Gasteiger partial charge in [0.05, 0.1) is 11.5 Å². The molecule has 144 valence electrons. The van der Waals surface area contributed by atoms with Gasteiger partial charge in [0.1, 0.15) is 11.2 Å². The molecule has 1 amide bonds. The largest absolute Gasteiger partial charge is 0.440 e. The van der Waals surface area contributed by atoms with E-state index in [0.29, 0.717) is 0 Å². The summed E-state index contributed by atoms with van der Waals surface area (Å²) in [4.78, 5) is 29.5. The third-order valence-electron chi connectivity index (χ3n) is 4.99. The van der Waals surface area contributed by atoms with Crippen LogP contribution in [0.2, 0.25) is 0 Å². The van der Waals surface area contributed by atoms with Crippen molar-refractivity contribution in [2.75, 3.05) is 25.0 Å². The third kappa shape index (κ3) is 3.86. The van der Waals surface area contributed by atoms with Crippen LogP contribution in [-0.4, -0.2) is 40.3 Å². The number of hydrogen-bond acceptors (Lipinski definition) is 6. The van der Waals surface area contributed by atoms with E-state index in [0.717, 1.165) is 42.9 Å². The average Bonchev–Trinajstić information content (AvgIpc) is 3.13. The number of hydrogen-bond donors (Lipinski definition) is 1. The van der Waals surface area contributed by atoms with E-state index in [1.54, 1.807) is 12.1 Å². The molecule has 1 N–H and O–H groups in total. The number of oxazole rings is 1. The van der Waals surface area contributed by atoms with Crippen molar-refractivity contribution >= 4 is 28.4 Å². The van der Waals surface area contributed by atoms with Crippen LogP contribution in [0.25, 0.3) is 11.1 Å². The molecule has 0 aliphatic carbocycles. The molecule has 0 saturated carbocycles. The lowest BCUT2D eigenvalue weighted by atomic mass is 9.97. The standard InChI is InChI=1S/C20H20N4O4/c25-19(21-15-5-1-3-7-17(15)24(26)27)13-23-11-9-14(10-12-23)20-22-16-6-2-4-8-18(16)28-20/h1-8,14H,9-13H2,(H,21,25). The first-order valence-electron chi connectivity index (χ1n) is 9.21. The Hall–Kier alpha value is -3.26. The second kappa shape index (κ2) is 7.77. The van der Waals surface area contributed by atoms with Crippen molar-refractivity contribution in [2.45, 2.75) is 18.8 Å².